The predicted molar refractivity (Wildman–Crippen MR) is 112 cm³/mol. The van der Waals surface area contributed by atoms with Crippen molar-refractivity contribution in [1.29, 1.82) is 0 Å². The van der Waals surface area contributed by atoms with Crippen LogP contribution < -0.4 is 15.7 Å². The molecule has 1 aromatic carbocycles. The van der Waals surface area contributed by atoms with Crippen molar-refractivity contribution in [2.75, 3.05) is 6.61 Å². The molecule has 8 nitrogen and oxygen atoms in total. The molecule has 1 N–H and O–H groups in total. The van der Waals surface area contributed by atoms with E-state index in [4.69, 9.17) is 20.8 Å². The summed E-state index contributed by atoms with van der Waals surface area (Å²) in [5.74, 6) is 0.509. The normalized spacial score (nSPS) is 12.3. The highest BCUT2D eigenvalue weighted by atomic mass is 35.5. The van der Waals surface area contributed by atoms with Crippen molar-refractivity contribution in [2.24, 2.45) is 0 Å². The first-order valence-electron chi connectivity index (χ1n) is 9.30. The molecule has 4 aromatic rings. The number of fused-ring (bicyclic) bond motifs is 2. The Bertz CT molecular complexity index is 1330. The molecule has 0 aliphatic heterocycles. The number of carbonyl (C=O) groups excluding carboxylic acids is 1. The monoisotopic (exact) mass is 426 g/mol. The van der Waals surface area contributed by atoms with Gasteiger partial charge in [0.15, 0.2) is 18.1 Å². The third-order valence-corrected chi connectivity index (χ3v) is 5.27. The lowest BCUT2D eigenvalue weighted by molar-refractivity contribution is -0.123. The quantitative estimate of drug-likeness (QED) is 0.491. The summed E-state index contributed by atoms with van der Waals surface area (Å²) in [4.78, 5) is 24.3. The summed E-state index contributed by atoms with van der Waals surface area (Å²) in [5, 5.41) is 12.1. The highest BCUT2D eigenvalue weighted by Gasteiger charge is 2.17. The second-order valence-electron chi connectivity index (χ2n) is 6.98. The zero-order chi connectivity index (χ0) is 21.4. The molecule has 0 fully saturated rings. The van der Waals surface area contributed by atoms with E-state index in [1.165, 1.54) is 6.07 Å². The molecule has 0 unspecified atom stereocenters. The lowest BCUT2D eigenvalue weighted by Gasteiger charge is -2.14. The second-order valence-corrected chi connectivity index (χ2v) is 7.39. The summed E-state index contributed by atoms with van der Waals surface area (Å²) in [7, 11) is 0. The van der Waals surface area contributed by atoms with Crippen LogP contribution in [0.15, 0.2) is 45.7 Å². The number of carbonyl (C=O) groups is 1. The van der Waals surface area contributed by atoms with E-state index in [0.29, 0.717) is 27.6 Å². The maximum absolute atomic E-state index is 12.4. The fourth-order valence-electron chi connectivity index (χ4n) is 3.20. The van der Waals surface area contributed by atoms with Gasteiger partial charge in [-0.15, -0.1) is 10.2 Å². The van der Waals surface area contributed by atoms with Crippen LogP contribution in [0.25, 0.3) is 16.6 Å². The van der Waals surface area contributed by atoms with Crippen molar-refractivity contribution in [3.05, 3.63) is 68.9 Å². The lowest BCUT2D eigenvalue weighted by Crippen LogP contribution is -2.32. The smallest absolute Gasteiger partial charge is 0.339 e. The second kappa shape index (κ2) is 7.79. The minimum atomic E-state index is -0.416. The number of benzene rings is 1. The van der Waals surface area contributed by atoms with Crippen LogP contribution in [-0.2, 0) is 4.79 Å². The van der Waals surface area contributed by atoms with E-state index in [2.05, 4.69) is 15.5 Å². The minimum absolute atomic E-state index is 0.256. The number of pyridine rings is 1. The van der Waals surface area contributed by atoms with E-state index in [1.54, 1.807) is 17.4 Å². The summed E-state index contributed by atoms with van der Waals surface area (Å²) in [5.41, 5.74) is 1.95. The van der Waals surface area contributed by atoms with Gasteiger partial charge in [-0.05, 0) is 44.5 Å². The van der Waals surface area contributed by atoms with E-state index in [9.17, 15) is 9.59 Å². The number of amides is 1. The minimum Gasteiger partial charge on any atom is -0.482 e. The molecule has 154 valence electrons. The van der Waals surface area contributed by atoms with Crippen molar-refractivity contribution in [2.45, 2.75) is 26.8 Å². The molecule has 0 saturated carbocycles. The Labute approximate surface area is 176 Å². The summed E-state index contributed by atoms with van der Waals surface area (Å²) >= 11 is 6.30. The van der Waals surface area contributed by atoms with Crippen LogP contribution in [0.5, 0.6) is 5.75 Å². The maximum Gasteiger partial charge on any atom is 0.339 e. The van der Waals surface area contributed by atoms with Crippen molar-refractivity contribution in [3.63, 3.8) is 0 Å². The Morgan fingerprint density at radius 2 is 2.07 bits per heavy atom. The fourth-order valence-corrected chi connectivity index (χ4v) is 3.42. The Kier molecular flexibility index (Phi) is 5.17. The molecule has 4 rings (SSSR count). The Morgan fingerprint density at radius 1 is 1.27 bits per heavy atom. The summed E-state index contributed by atoms with van der Waals surface area (Å²) in [6.07, 6.45) is 1.83. The van der Waals surface area contributed by atoms with Crippen LogP contribution in [0.2, 0.25) is 5.02 Å². The third-order valence-electron chi connectivity index (χ3n) is 4.97. The number of aryl methyl sites for hydroxylation is 1. The summed E-state index contributed by atoms with van der Waals surface area (Å²) in [6, 6.07) is 8.37. The van der Waals surface area contributed by atoms with Gasteiger partial charge in [0.25, 0.3) is 5.91 Å². The molecule has 30 heavy (non-hydrogen) atoms. The van der Waals surface area contributed by atoms with Crippen LogP contribution in [-0.4, -0.2) is 27.1 Å². The first kappa shape index (κ1) is 19.9. The fraction of sp³-hybridized carbons (Fsp3) is 0.238. The molecule has 1 amide bonds. The van der Waals surface area contributed by atoms with E-state index in [1.807, 2.05) is 38.2 Å². The number of nitrogens with one attached hydrogen (secondary N) is 1. The van der Waals surface area contributed by atoms with Crippen molar-refractivity contribution < 1.29 is 13.9 Å². The number of nitrogens with zero attached hydrogens (tertiary/aromatic N) is 3. The molecule has 0 spiro atoms. The molecule has 0 aliphatic rings. The maximum atomic E-state index is 12.4. The van der Waals surface area contributed by atoms with Gasteiger partial charge in [0.1, 0.15) is 11.3 Å². The Morgan fingerprint density at radius 3 is 2.87 bits per heavy atom. The lowest BCUT2D eigenvalue weighted by atomic mass is 10.1. The molecule has 0 aliphatic carbocycles. The van der Waals surface area contributed by atoms with Gasteiger partial charge in [-0.25, -0.2) is 4.79 Å². The third kappa shape index (κ3) is 3.61. The molecule has 3 aromatic heterocycles. The van der Waals surface area contributed by atoms with Gasteiger partial charge in [0, 0.05) is 23.2 Å². The Balaban J connectivity index is 1.48. The van der Waals surface area contributed by atoms with Crippen molar-refractivity contribution in [1.82, 2.24) is 19.9 Å². The standard InChI is InChI=1S/C21H19ClN4O4/c1-11-12(2)21(28)30-16-9-17(15(22)8-14(11)16)29-10-19(27)23-13(3)20-25-24-18-6-4-5-7-26(18)20/h4-9,13H,10H2,1-3H3,(H,23,27)/t13-/m1/s1. The largest absolute Gasteiger partial charge is 0.482 e. The van der Waals surface area contributed by atoms with Gasteiger partial charge in [-0.3, -0.25) is 9.20 Å². The zero-order valence-corrected chi connectivity index (χ0v) is 17.4. The molecule has 9 heteroatoms. The summed E-state index contributed by atoms with van der Waals surface area (Å²) < 4.78 is 12.7. The number of rotatable bonds is 5. The van der Waals surface area contributed by atoms with Gasteiger partial charge < -0.3 is 14.5 Å². The van der Waals surface area contributed by atoms with Crippen LogP contribution in [0, 0.1) is 13.8 Å². The van der Waals surface area contributed by atoms with Gasteiger partial charge in [0.2, 0.25) is 0 Å². The first-order chi connectivity index (χ1) is 14.3. The van der Waals surface area contributed by atoms with E-state index < -0.39 is 5.63 Å². The van der Waals surface area contributed by atoms with Gasteiger partial charge in [-0.2, -0.15) is 0 Å². The van der Waals surface area contributed by atoms with E-state index in [-0.39, 0.29) is 24.3 Å². The molecular formula is C21H19ClN4O4. The number of ether oxygens (including phenoxy) is 1. The summed E-state index contributed by atoms with van der Waals surface area (Å²) in [6.45, 7) is 5.07. The SMILES string of the molecule is Cc1c(C)c2cc(Cl)c(OCC(=O)N[C@H](C)c3nnc4ccccn34)cc2oc1=O. The zero-order valence-electron chi connectivity index (χ0n) is 16.6. The molecule has 0 radical (unpaired) electrons. The first-order valence-corrected chi connectivity index (χ1v) is 9.68. The molecule has 0 saturated heterocycles. The van der Waals surface area contributed by atoms with Crippen molar-refractivity contribution >= 4 is 34.1 Å². The highest BCUT2D eigenvalue weighted by molar-refractivity contribution is 6.32. The number of halogens is 1. The molecular weight excluding hydrogens is 408 g/mol. The van der Waals surface area contributed by atoms with Gasteiger partial charge >= 0.3 is 5.63 Å². The average molecular weight is 427 g/mol. The van der Waals surface area contributed by atoms with Gasteiger partial charge in [0.05, 0.1) is 11.1 Å². The van der Waals surface area contributed by atoms with E-state index >= 15 is 0 Å². The van der Waals surface area contributed by atoms with Crippen LogP contribution in [0.1, 0.15) is 29.9 Å². The molecule has 1 atom stereocenters. The van der Waals surface area contributed by atoms with E-state index in [0.717, 1.165) is 10.9 Å². The van der Waals surface area contributed by atoms with Crippen molar-refractivity contribution in [3.8, 4) is 5.75 Å². The topological polar surface area (TPSA) is 98.7 Å². The van der Waals surface area contributed by atoms with Crippen LogP contribution in [0.3, 0.4) is 0 Å². The molecule has 3 heterocycles. The molecule has 0 bridgehead atoms. The predicted octanol–water partition coefficient (Wildman–Crippen LogP) is 3.36. The van der Waals surface area contributed by atoms with Crippen LogP contribution in [0.4, 0.5) is 0 Å². The number of aromatic nitrogens is 3. The van der Waals surface area contributed by atoms with Crippen LogP contribution >= 0.6 is 11.6 Å². The highest BCUT2D eigenvalue weighted by Crippen LogP contribution is 2.31. The Hall–Kier alpha value is -3.39. The number of hydrogen-bond acceptors (Lipinski definition) is 6. The average Bonchev–Trinajstić information content (AvgIpc) is 3.16. The van der Waals surface area contributed by atoms with Gasteiger partial charge in [-0.1, -0.05) is 17.7 Å². The number of hydrogen-bond donors (Lipinski definition) is 1.